The van der Waals surface area contributed by atoms with Crippen molar-refractivity contribution in [3.63, 3.8) is 0 Å². The minimum Gasteiger partial charge on any atom is -0.457 e. The van der Waals surface area contributed by atoms with E-state index in [9.17, 15) is 0 Å². The van der Waals surface area contributed by atoms with Crippen LogP contribution in [0, 0.1) is 0 Å². The Labute approximate surface area is 124 Å². The van der Waals surface area contributed by atoms with E-state index >= 15 is 0 Å². The number of rotatable bonds is 4. The Morgan fingerprint density at radius 1 is 1.00 bits per heavy atom. The Morgan fingerprint density at radius 3 is 2.35 bits per heavy atom. The van der Waals surface area contributed by atoms with Crippen LogP contribution in [0.1, 0.15) is 13.3 Å². The molecule has 20 heavy (non-hydrogen) atoms. The molecular formula is C17H19NOS. The molecule has 1 fully saturated rings. The fraction of sp³-hybridized carbons (Fsp3) is 0.294. The molecule has 3 rings (SSSR count). The third kappa shape index (κ3) is 3.48. The molecule has 2 unspecified atom stereocenters. The third-order valence-corrected chi connectivity index (χ3v) is 4.76. The van der Waals surface area contributed by atoms with Gasteiger partial charge in [-0.05, 0) is 42.8 Å². The topological polar surface area (TPSA) is 21.3 Å². The molecular weight excluding hydrogens is 266 g/mol. The van der Waals surface area contributed by atoms with E-state index in [1.54, 1.807) is 0 Å². The Kier molecular flexibility index (Phi) is 4.16. The van der Waals surface area contributed by atoms with Crippen LogP contribution in [0.4, 0.5) is 5.69 Å². The standard InChI is InChI=1S/C17H19NOS/c1-13-11-15(12-20-13)18-14-7-9-17(10-8-14)19-16-5-3-2-4-6-16/h2-10,13,15,18H,11-12H2,1H3. The summed E-state index contributed by atoms with van der Waals surface area (Å²) < 4.78 is 5.79. The van der Waals surface area contributed by atoms with Crippen molar-refractivity contribution in [1.82, 2.24) is 0 Å². The van der Waals surface area contributed by atoms with Gasteiger partial charge in [-0.2, -0.15) is 11.8 Å². The van der Waals surface area contributed by atoms with E-state index in [1.807, 2.05) is 54.2 Å². The van der Waals surface area contributed by atoms with Gasteiger partial charge in [0, 0.05) is 22.7 Å². The molecule has 2 atom stereocenters. The monoisotopic (exact) mass is 285 g/mol. The molecule has 0 radical (unpaired) electrons. The van der Waals surface area contributed by atoms with Crippen LogP contribution < -0.4 is 10.1 Å². The summed E-state index contributed by atoms with van der Waals surface area (Å²) in [6.07, 6.45) is 1.24. The van der Waals surface area contributed by atoms with Crippen LogP contribution in [-0.2, 0) is 0 Å². The first-order chi connectivity index (χ1) is 9.79. The van der Waals surface area contributed by atoms with Crippen molar-refractivity contribution in [2.45, 2.75) is 24.6 Å². The molecule has 0 aliphatic carbocycles. The summed E-state index contributed by atoms with van der Waals surface area (Å²) >= 11 is 2.04. The second-order valence-corrected chi connectivity index (χ2v) is 6.63. The van der Waals surface area contributed by atoms with Gasteiger partial charge < -0.3 is 10.1 Å². The van der Waals surface area contributed by atoms with Gasteiger partial charge in [-0.15, -0.1) is 0 Å². The highest BCUT2D eigenvalue weighted by Gasteiger charge is 2.21. The van der Waals surface area contributed by atoms with Crippen molar-refractivity contribution in [3.05, 3.63) is 54.6 Å². The maximum atomic E-state index is 5.79. The van der Waals surface area contributed by atoms with Crippen LogP contribution in [-0.4, -0.2) is 17.0 Å². The summed E-state index contributed by atoms with van der Waals surface area (Å²) in [6, 6.07) is 18.7. The zero-order chi connectivity index (χ0) is 13.8. The van der Waals surface area contributed by atoms with Gasteiger partial charge in [0.25, 0.3) is 0 Å². The Hall–Kier alpha value is -1.61. The van der Waals surface area contributed by atoms with Gasteiger partial charge in [0.15, 0.2) is 0 Å². The lowest BCUT2D eigenvalue weighted by Crippen LogP contribution is -2.18. The number of hydrogen-bond donors (Lipinski definition) is 1. The van der Waals surface area contributed by atoms with Crippen LogP contribution in [0.3, 0.4) is 0 Å². The predicted octanol–water partition coefficient (Wildman–Crippen LogP) is 4.78. The van der Waals surface area contributed by atoms with E-state index in [0.29, 0.717) is 6.04 Å². The van der Waals surface area contributed by atoms with E-state index < -0.39 is 0 Å². The predicted molar refractivity (Wildman–Crippen MR) is 86.9 cm³/mol. The number of benzene rings is 2. The van der Waals surface area contributed by atoms with Gasteiger partial charge in [0.05, 0.1) is 0 Å². The van der Waals surface area contributed by atoms with E-state index in [2.05, 4.69) is 24.4 Å². The summed E-state index contributed by atoms with van der Waals surface area (Å²) in [5.74, 6) is 2.94. The van der Waals surface area contributed by atoms with E-state index in [-0.39, 0.29) is 0 Å². The number of anilines is 1. The van der Waals surface area contributed by atoms with Gasteiger partial charge in [0.1, 0.15) is 11.5 Å². The van der Waals surface area contributed by atoms with Gasteiger partial charge in [-0.25, -0.2) is 0 Å². The minimum absolute atomic E-state index is 0.593. The zero-order valence-electron chi connectivity index (χ0n) is 11.6. The molecule has 3 heteroatoms. The average Bonchev–Trinajstić information content (AvgIpc) is 2.88. The molecule has 104 valence electrons. The van der Waals surface area contributed by atoms with Crippen LogP contribution in [0.25, 0.3) is 0 Å². The number of thioether (sulfide) groups is 1. The van der Waals surface area contributed by atoms with Gasteiger partial charge in [0.2, 0.25) is 0 Å². The molecule has 0 saturated carbocycles. The summed E-state index contributed by atoms with van der Waals surface area (Å²) in [6.45, 7) is 2.29. The molecule has 2 aromatic rings. The first-order valence-corrected chi connectivity index (χ1v) is 8.05. The summed E-state index contributed by atoms with van der Waals surface area (Å²) in [5.41, 5.74) is 1.17. The maximum absolute atomic E-state index is 5.79. The number of nitrogens with one attached hydrogen (secondary N) is 1. The lowest BCUT2D eigenvalue weighted by Gasteiger charge is -2.13. The van der Waals surface area contributed by atoms with Crippen molar-refractivity contribution in [2.75, 3.05) is 11.1 Å². The SMILES string of the molecule is CC1CC(Nc2ccc(Oc3ccccc3)cc2)CS1. The second-order valence-electron chi connectivity index (χ2n) is 5.16. The molecule has 1 aliphatic heterocycles. The first-order valence-electron chi connectivity index (χ1n) is 7.01. The number of hydrogen-bond acceptors (Lipinski definition) is 3. The Bertz CT molecular complexity index is 541. The summed E-state index contributed by atoms with van der Waals surface area (Å²) in [5, 5.41) is 4.36. The van der Waals surface area contributed by atoms with E-state index in [1.165, 1.54) is 17.9 Å². The van der Waals surface area contributed by atoms with Gasteiger partial charge >= 0.3 is 0 Å². The molecule has 1 N–H and O–H groups in total. The average molecular weight is 285 g/mol. The minimum atomic E-state index is 0.593. The molecule has 1 saturated heterocycles. The number of para-hydroxylation sites is 1. The lowest BCUT2D eigenvalue weighted by atomic mass is 10.2. The quantitative estimate of drug-likeness (QED) is 0.873. The number of ether oxygens (including phenoxy) is 1. The molecule has 1 heterocycles. The van der Waals surface area contributed by atoms with Crippen molar-refractivity contribution in [3.8, 4) is 11.5 Å². The summed E-state index contributed by atoms with van der Waals surface area (Å²) in [7, 11) is 0. The maximum Gasteiger partial charge on any atom is 0.127 e. The van der Waals surface area contributed by atoms with Crippen LogP contribution in [0.2, 0.25) is 0 Å². The smallest absolute Gasteiger partial charge is 0.127 e. The molecule has 0 aromatic heterocycles. The molecule has 0 bridgehead atoms. The first kappa shape index (κ1) is 13.4. The highest BCUT2D eigenvalue weighted by atomic mass is 32.2. The van der Waals surface area contributed by atoms with E-state index in [4.69, 9.17) is 4.74 Å². The highest BCUT2D eigenvalue weighted by molar-refractivity contribution is 8.00. The van der Waals surface area contributed by atoms with Gasteiger partial charge in [-0.3, -0.25) is 0 Å². The second kappa shape index (κ2) is 6.23. The van der Waals surface area contributed by atoms with Gasteiger partial charge in [-0.1, -0.05) is 25.1 Å². The Balaban J connectivity index is 1.60. The van der Waals surface area contributed by atoms with Crippen molar-refractivity contribution < 1.29 is 4.74 Å². The molecule has 0 amide bonds. The third-order valence-electron chi connectivity index (χ3n) is 3.40. The lowest BCUT2D eigenvalue weighted by molar-refractivity contribution is 0.483. The molecule has 2 aromatic carbocycles. The largest absolute Gasteiger partial charge is 0.457 e. The molecule has 0 spiro atoms. The normalized spacial score (nSPS) is 21.6. The van der Waals surface area contributed by atoms with Crippen molar-refractivity contribution in [2.24, 2.45) is 0 Å². The Morgan fingerprint density at radius 2 is 1.70 bits per heavy atom. The van der Waals surface area contributed by atoms with Crippen molar-refractivity contribution >= 4 is 17.4 Å². The summed E-state index contributed by atoms with van der Waals surface area (Å²) in [4.78, 5) is 0. The van der Waals surface area contributed by atoms with Crippen molar-refractivity contribution in [1.29, 1.82) is 0 Å². The fourth-order valence-corrected chi connectivity index (χ4v) is 3.55. The van der Waals surface area contributed by atoms with E-state index in [0.717, 1.165) is 16.7 Å². The molecule has 1 aliphatic rings. The van der Waals surface area contributed by atoms with Crippen LogP contribution in [0.5, 0.6) is 11.5 Å². The fourth-order valence-electron chi connectivity index (χ4n) is 2.40. The zero-order valence-corrected chi connectivity index (χ0v) is 12.4. The van der Waals surface area contributed by atoms with Crippen LogP contribution in [0.15, 0.2) is 54.6 Å². The highest BCUT2D eigenvalue weighted by Crippen LogP contribution is 2.29. The van der Waals surface area contributed by atoms with Crippen LogP contribution >= 0.6 is 11.8 Å². The molecule has 2 nitrogen and oxygen atoms in total.